The predicted octanol–water partition coefficient (Wildman–Crippen LogP) is 2.66. The molecule has 2 atom stereocenters. The Labute approximate surface area is 184 Å². The summed E-state index contributed by atoms with van der Waals surface area (Å²) >= 11 is 0. The van der Waals surface area contributed by atoms with Crippen LogP contribution in [0.4, 0.5) is 0 Å². The lowest BCUT2D eigenvalue weighted by molar-refractivity contribution is -0.136. The summed E-state index contributed by atoms with van der Waals surface area (Å²) in [7, 11) is -0.991. The largest absolute Gasteiger partial charge is 0.341 e. The number of likely N-dealkylation sites (N-methyl/N-ethyl adjacent to an activating group) is 1. The first kappa shape index (κ1) is 22.0. The molecule has 2 aliphatic heterocycles. The summed E-state index contributed by atoms with van der Waals surface area (Å²) in [5, 5.41) is 4.70. The number of carbonyl (C=O) groups excluding carboxylic acids is 1. The maximum Gasteiger partial charge on any atom is 0.244 e. The van der Waals surface area contributed by atoms with Gasteiger partial charge in [-0.1, -0.05) is 30.3 Å². The Kier molecular flexibility index (Phi) is 6.21. The molecule has 168 valence electrons. The number of benzene rings is 1. The van der Waals surface area contributed by atoms with Gasteiger partial charge in [0.05, 0.1) is 23.2 Å². The molecule has 31 heavy (non-hydrogen) atoms. The van der Waals surface area contributed by atoms with Crippen molar-refractivity contribution in [2.24, 2.45) is 0 Å². The third kappa shape index (κ3) is 4.55. The summed E-state index contributed by atoms with van der Waals surface area (Å²) in [6.45, 7) is 6.20. The Bertz CT molecular complexity index is 1040. The summed E-state index contributed by atoms with van der Waals surface area (Å²) in [5.41, 5.74) is 3.95. The highest BCUT2D eigenvalue weighted by Gasteiger charge is 2.34. The first-order valence-electron chi connectivity index (χ1n) is 11.1. The molecule has 0 aliphatic carbocycles. The monoisotopic (exact) mass is 444 g/mol. The molecule has 0 radical (unpaired) electrons. The van der Waals surface area contributed by atoms with Gasteiger partial charge in [0.2, 0.25) is 5.91 Å². The molecule has 0 bridgehead atoms. The van der Waals surface area contributed by atoms with E-state index < -0.39 is 9.84 Å². The zero-order chi connectivity index (χ0) is 22.2. The zero-order valence-electron chi connectivity index (χ0n) is 18.6. The molecule has 0 saturated carbocycles. The molecule has 2 aliphatic rings. The van der Waals surface area contributed by atoms with Crippen LogP contribution in [-0.4, -0.2) is 65.5 Å². The van der Waals surface area contributed by atoms with Gasteiger partial charge >= 0.3 is 0 Å². The quantitative estimate of drug-likeness (QED) is 0.685. The van der Waals surface area contributed by atoms with Gasteiger partial charge in [0.1, 0.15) is 6.04 Å². The van der Waals surface area contributed by atoms with Crippen LogP contribution in [0.5, 0.6) is 0 Å². The summed E-state index contributed by atoms with van der Waals surface area (Å²) in [6.07, 6.45) is 2.73. The van der Waals surface area contributed by atoms with Crippen molar-refractivity contribution in [2.75, 3.05) is 31.6 Å². The number of rotatable bonds is 6. The van der Waals surface area contributed by atoms with E-state index in [4.69, 9.17) is 5.10 Å². The maximum absolute atomic E-state index is 13.4. The Morgan fingerprint density at radius 1 is 1.19 bits per heavy atom. The number of nitrogens with zero attached hydrogens (tertiary/aromatic N) is 4. The van der Waals surface area contributed by atoms with Crippen LogP contribution in [0.1, 0.15) is 53.9 Å². The average molecular weight is 445 g/mol. The molecule has 0 unspecified atom stereocenters. The normalized spacial score (nSPS) is 21.7. The number of amides is 1. The fourth-order valence-electron chi connectivity index (χ4n) is 4.92. The second-order valence-electron chi connectivity index (χ2n) is 8.91. The van der Waals surface area contributed by atoms with E-state index in [0.29, 0.717) is 13.0 Å². The van der Waals surface area contributed by atoms with E-state index in [1.165, 1.54) is 0 Å². The number of aryl methyl sites for hydroxylation is 1. The Hall–Kier alpha value is -2.19. The molecule has 7 nitrogen and oxygen atoms in total. The van der Waals surface area contributed by atoms with E-state index in [-0.39, 0.29) is 29.5 Å². The molecule has 1 aromatic carbocycles. The number of hydrogen-bond acceptors (Lipinski definition) is 5. The van der Waals surface area contributed by atoms with Crippen LogP contribution in [-0.2, 0) is 21.2 Å². The Morgan fingerprint density at radius 3 is 2.48 bits per heavy atom. The minimum absolute atomic E-state index is 0.0982. The highest BCUT2D eigenvalue weighted by molar-refractivity contribution is 7.91. The van der Waals surface area contributed by atoms with Crippen LogP contribution in [0.15, 0.2) is 30.3 Å². The van der Waals surface area contributed by atoms with Gasteiger partial charge in [-0.05, 0) is 45.7 Å². The number of likely N-dealkylation sites (tertiary alicyclic amines) is 1. The molecule has 2 saturated heterocycles. The molecular weight excluding hydrogens is 412 g/mol. The van der Waals surface area contributed by atoms with Crippen LogP contribution in [0.3, 0.4) is 0 Å². The zero-order valence-corrected chi connectivity index (χ0v) is 19.4. The van der Waals surface area contributed by atoms with Gasteiger partial charge in [0.25, 0.3) is 0 Å². The lowest BCUT2D eigenvalue weighted by Gasteiger charge is -2.31. The fraction of sp³-hybridized carbons (Fsp3) is 0.565. The van der Waals surface area contributed by atoms with E-state index in [2.05, 4.69) is 4.90 Å². The lowest BCUT2D eigenvalue weighted by Crippen LogP contribution is -2.40. The van der Waals surface area contributed by atoms with Crippen molar-refractivity contribution in [3.05, 3.63) is 52.8 Å². The topological polar surface area (TPSA) is 75.5 Å². The predicted molar refractivity (Wildman–Crippen MR) is 120 cm³/mol. The molecule has 3 heterocycles. The van der Waals surface area contributed by atoms with Crippen LogP contribution in [0.25, 0.3) is 0 Å². The van der Waals surface area contributed by atoms with Crippen LogP contribution >= 0.6 is 0 Å². The average Bonchev–Trinajstić information content (AvgIpc) is 3.45. The third-order valence-electron chi connectivity index (χ3n) is 6.64. The van der Waals surface area contributed by atoms with Crippen LogP contribution in [0.2, 0.25) is 0 Å². The van der Waals surface area contributed by atoms with E-state index >= 15 is 0 Å². The molecule has 1 amide bonds. The molecule has 4 rings (SSSR count). The highest BCUT2D eigenvalue weighted by Crippen LogP contribution is 2.30. The van der Waals surface area contributed by atoms with Crippen molar-refractivity contribution in [3.63, 3.8) is 0 Å². The number of aromatic nitrogens is 2. The molecule has 8 heteroatoms. The van der Waals surface area contributed by atoms with Crippen molar-refractivity contribution in [3.8, 4) is 0 Å². The standard InChI is InChI=1S/C23H32N4O3S/c1-17-21(18(2)27(24-17)20-11-14-31(29,30)16-20)15-25(3)22(19-9-5-4-6-10-19)23(28)26-12-7-8-13-26/h4-6,9-10,20,22H,7-8,11-16H2,1-3H3/t20-,22+/m0/s1. The van der Waals surface area contributed by atoms with E-state index in [1.54, 1.807) is 0 Å². The number of carbonyl (C=O) groups is 1. The summed E-state index contributed by atoms with van der Waals surface area (Å²) in [6, 6.07) is 9.50. The Morgan fingerprint density at radius 2 is 1.87 bits per heavy atom. The molecule has 2 fully saturated rings. The van der Waals surface area contributed by atoms with Gasteiger partial charge in [0, 0.05) is 30.9 Å². The summed E-state index contributed by atoms with van der Waals surface area (Å²) in [5.74, 6) is 0.534. The second kappa shape index (κ2) is 8.74. The highest BCUT2D eigenvalue weighted by atomic mass is 32.2. The fourth-order valence-corrected chi connectivity index (χ4v) is 6.61. The lowest BCUT2D eigenvalue weighted by atomic mass is 10.0. The molecular formula is C23H32N4O3S. The van der Waals surface area contributed by atoms with Gasteiger partial charge < -0.3 is 4.90 Å². The molecule has 2 aromatic rings. The van der Waals surface area contributed by atoms with Crippen LogP contribution < -0.4 is 0 Å². The van der Waals surface area contributed by atoms with Gasteiger partial charge in [-0.2, -0.15) is 5.10 Å². The SMILES string of the molecule is Cc1nn([C@H]2CCS(=O)(=O)C2)c(C)c1CN(C)[C@@H](C(=O)N1CCCC1)c1ccccc1. The minimum Gasteiger partial charge on any atom is -0.341 e. The smallest absolute Gasteiger partial charge is 0.244 e. The van der Waals surface area contributed by atoms with Gasteiger partial charge in [-0.15, -0.1) is 0 Å². The Balaban J connectivity index is 1.60. The van der Waals surface area contributed by atoms with Gasteiger partial charge in [-0.3, -0.25) is 14.4 Å². The first-order chi connectivity index (χ1) is 14.8. The molecule has 0 spiro atoms. The van der Waals surface area contributed by atoms with Crippen molar-refractivity contribution in [1.29, 1.82) is 0 Å². The number of sulfone groups is 1. The third-order valence-corrected chi connectivity index (χ3v) is 8.39. The second-order valence-corrected chi connectivity index (χ2v) is 11.1. The van der Waals surface area contributed by atoms with Gasteiger partial charge in [-0.25, -0.2) is 8.42 Å². The van der Waals surface area contributed by atoms with E-state index in [0.717, 1.165) is 48.4 Å². The van der Waals surface area contributed by atoms with Crippen molar-refractivity contribution in [1.82, 2.24) is 19.6 Å². The first-order valence-corrected chi connectivity index (χ1v) is 12.9. The van der Waals surface area contributed by atoms with Crippen molar-refractivity contribution < 1.29 is 13.2 Å². The van der Waals surface area contributed by atoms with Crippen molar-refractivity contribution in [2.45, 2.75) is 51.7 Å². The molecule has 1 aromatic heterocycles. The summed E-state index contributed by atoms with van der Waals surface area (Å²) < 4.78 is 25.8. The van der Waals surface area contributed by atoms with E-state index in [1.807, 2.05) is 60.8 Å². The van der Waals surface area contributed by atoms with Crippen molar-refractivity contribution >= 4 is 15.7 Å². The summed E-state index contributed by atoms with van der Waals surface area (Å²) in [4.78, 5) is 17.5. The van der Waals surface area contributed by atoms with Gasteiger partial charge in [0.15, 0.2) is 9.84 Å². The minimum atomic E-state index is -2.98. The van der Waals surface area contributed by atoms with E-state index in [9.17, 15) is 13.2 Å². The maximum atomic E-state index is 13.4. The van der Waals surface area contributed by atoms with Crippen LogP contribution in [0, 0.1) is 13.8 Å². The molecule has 0 N–H and O–H groups in total. The number of hydrogen-bond donors (Lipinski definition) is 0.